The number of rotatable bonds is 23. The molecular weight excluding hydrogens is 1050 g/mol. The van der Waals surface area contributed by atoms with Crippen molar-refractivity contribution < 1.29 is 72.0 Å². The molecule has 5 heterocycles. The number of aliphatic hydroxyl groups is 1. The maximum Gasteiger partial charge on any atom is 0.343 e. The molecule has 2 aromatic carbocycles. The van der Waals surface area contributed by atoms with E-state index in [9.17, 15) is 57.8 Å². The fraction of sp³-hybridized carbons (Fsp3) is 0.407. The van der Waals surface area contributed by atoms with Crippen molar-refractivity contribution in [3.63, 3.8) is 0 Å². The molecule has 80 heavy (non-hydrogen) atoms. The van der Waals surface area contributed by atoms with Crippen molar-refractivity contribution in [2.75, 3.05) is 39.5 Å². The first-order valence-electron chi connectivity index (χ1n) is 25.9. The Labute approximate surface area is 454 Å². The summed E-state index contributed by atoms with van der Waals surface area (Å²) in [6.07, 6.45) is 2.83. The van der Waals surface area contributed by atoms with Gasteiger partial charge in [0.2, 0.25) is 35.4 Å². The Morgan fingerprint density at radius 1 is 0.850 bits per heavy atom. The molecule has 0 saturated heterocycles. The minimum absolute atomic E-state index is 0.0312. The second kappa shape index (κ2) is 23.3. The van der Waals surface area contributed by atoms with E-state index in [1.165, 1.54) is 10.6 Å². The number of pyridine rings is 2. The summed E-state index contributed by atoms with van der Waals surface area (Å²) in [5.41, 5.74) is 1.73. The highest BCUT2D eigenvalue weighted by atomic mass is 19.1. The summed E-state index contributed by atoms with van der Waals surface area (Å²) in [5, 5.41) is 38.7. The molecule has 420 valence electrons. The van der Waals surface area contributed by atoms with Gasteiger partial charge < -0.3 is 61.5 Å². The summed E-state index contributed by atoms with van der Waals surface area (Å²) in [4.78, 5) is 148. The number of fused-ring (bicyclic) bond motifs is 5. The molecule has 8 amide bonds. The van der Waals surface area contributed by atoms with E-state index in [0.717, 1.165) is 17.7 Å². The quantitative estimate of drug-likeness (QED) is 0.0205. The number of carbonyl (C=O) groups is 10. The molecule has 3 aliphatic heterocycles. The molecule has 9 rings (SSSR count). The van der Waals surface area contributed by atoms with E-state index in [1.807, 2.05) is 0 Å². The van der Waals surface area contributed by atoms with Crippen LogP contribution in [0.15, 0.2) is 59.4 Å². The average molecular weight is 1110 g/mol. The topological polar surface area (TPSA) is 352 Å². The van der Waals surface area contributed by atoms with Gasteiger partial charge in [-0.25, -0.2) is 14.2 Å². The van der Waals surface area contributed by atoms with Gasteiger partial charge in [-0.2, -0.15) is 0 Å². The van der Waals surface area contributed by atoms with Gasteiger partial charge in [-0.3, -0.25) is 52.8 Å². The second-order valence-electron chi connectivity index (χ2n) is 20.0. The van der Waals surface area contributed by atoms with Gasteiger partial charge in [0.05, 0.1) is 61.2 Å². The lowest BCUT2D eigenvalue weighted by atomic mass is 9.81. The maximum atomic E-state index is 15.5. The van der Waals surface area contributed by atoms with E-state index < -0.39 is 140 Å². The Morgan fingerprint density at radius 2 is 1.54 bits per heavy atom. The van der Waals surface area contributed by atoms with Crippen LogP contribution in [0.2, 0.25) is 0 Å². The number of amides is 8. The molecule has 5 atom stereocenters. The number of aromatic nitrogens is 2. The normalized spacial score (nSPS) is 18.7. The van der Waals surface area contributed by atoms with Crippen LogP contribution in [0.5, 0.6) is 0 Å². The third kappa shape index (κ3) is 11.5. The number of aryl methyl sites for hydroxylation is 1. The molecule has 2 aromatic heterocycles. The fourth-order valence-corrected chi connectivity index (χ4v) is 10.5. The van der Waals surface area contributed by atoms with Gasteiger partial charge in [-0.15, -0.1) is 0 Å². The molecule has 5 aliphatic rings. The number of nitrogens with zero attached hydrogens (tertiary/aromatic N) is 3. The minimum Gasteiger partial charge on any atom is -0.480 e. The largest absolute Gasteiger partial charge is 0.480 e. The number of carbonyl (C=O) groups excluding carboxylic acids is 9. The summed E-state index contributed by atoms with van der Waals surface area (Å²) in [6, 6.07) is 8.06. The Bertz CT molecular complexity index is 3350. The number of halogens is 1. The SMILES string of the molecule is CC[C@@]1(O)C(=O)OCc2c1cc1n(c2=O)Cc2c-1nc1cc(F)c(C)c3c1c2[C@H](NC(=O)C(OCNC(=O)CNC(=O)[C@H](Cc1ccccc1)NC(=O)CNC(=O)CNC(=O)[C@H](CNCC(=O)O)N1C(=O)C=CC1=O)C1CC1)CC3. The van der Waals surface area contributed by atoms with Gasteiger partial charge in [0.1, 0.15) is 37.3 Å². The van der Waals surface area contributed by atoms with E-state index in [2.05, 4.69) is 37.2 Å². The van der Waals surface area contributed by atoms with Crippen LogP contribution in [-0.4, -0.2) is 142 Å². The number of nitrogens with one attached hydrogen (secondary N) is 7. The van der Waals surface area contributed by atoms with Gasteiger partial charge >= 0.3 is 11.9 Å². The minimum atomic E-state index is -2.07. The zero-order valence-electron chi connectivity index (χ0n) is 43.4. The Morgan fingerprint density at radius 3 is 2.23 bits per heavy atom. The fourth-order valence-electron chi connectivity index (χ4n) is 10.5. The molecular formula is C54H57FN10O15. The van der Waals surface area contributed by atoms with Crippen LogP contribution in [0, 0.1) is 18.7 Å². The Kier molecular flexibility index (Phi) is 16.3. The number of hydrogen-bond donors (Lipinski definition) is 9. The van der Waals surface area contributed by atoms with Crippen molar-refractivity contribution in [2.45, 2.75) is 95.4 Å². The van der Waals surface area contributed by atoms with Crippen LogP contribution in [0.1, 0.15) is 77.6 Å². The van der Waals surface area contributed by atoms with Gasteiger partial charge in [-0.1, -0.05) is 37.3 Å². The molecule has 0 radical (unpaired) electrons. The summed E-state index contributed by atoms with van der Waals surface area (Å²) in [7, 11) is 0. The molecule has 1 unspecified atom stereocenters. The van der Waals surface area contributed by atoms with Crippen LogP contribution >= 0.6 is 0 Å². The van der Waals surface area contributed by atoms with E-state index in [4.69, 9.17) is 19.6 Å². The number of ether oxygens (including phenoxy) is 2. The lowest BCUT2D eigenvalue weighted by Gasteiger charge is -2.31. The maximum absolute atomic E-state index is 15.5. The van der Waals surface area contributed by atoms with E-state index in [0.29, 0.717) is 75.1 Å². The Balaban J connectivity index is 0.804. The van der Waals surface area contributed by atoms with Crippen molar-refractivity contribution in [3.8, 4) is 11.4 Å². The summed E-state index contributed by atoms with van der Waals surface area (Å²) in [5.74, 6) is -9.04. The molecule has 2 aliphatic carbocycles. The predicted octanol–water partition coefficient (Wildman–Crippen LogP) is -1.46. The smallest absolute Gasteiger partial charge is 0.343 e. The van der Waals surface area contributed by atoms with Gasteiger partial charge in [0, 0.05) is 47.7 Å². The highest BCUT2D eigenvalue weighted by Crippen LogP contribution is 2.46. The number of benzene rings is 2. The van der Waals surface area contributed by atoms with Gasteiger partial charge in [0.15, 0.2) is 5.60 Å². The number of carboxylic acid groups (broad SMARTS) is 1. The van der Waals surface area contributed by atoms with Crippen molar-refractivity contribution in [2.24, 2.45) is 5.92 Å². The Hall–Kier alpha value is -8.75. The van der Waals surface area contributed by atoms with Crippen molar-refractivity contribution in [1.82, 2.24) is 51.7 Å². The van der Waals surface area contributed by atoms with Crippen LogP contribution in [0.25, 0.3) is 22.3 Å². The summed E-state index contributed by atoms with van der Waals surface area (Å²) >= 11 is 0. The monoisotopic (exact) mass is 1100 g/mol. The van der Waals surface area contributed by atoms with Gasteiger partial charge in [-0.05, 0) is 73.3 Å². The predicted molar refractivity (Wildman–Crippen MR) is 275 cm³/mol. The highest BCUT2D eigenvalue weighted by Gasteiger charge is 2.47. The van der Waals surface area contributed by atoms with E-state index >= 15 is 4.39 Å². The van der Waals surface area contributed by atoms with Crippen LogP contribution in [0.4, 0.5) is 4.39 Å². The molecule has 1 saturated carbocycles. The first-order valence-corrected chi connectivity index (χ1v) is 25.9. The standard InChI is InChI=1S/C54H57FN10O15/c1-3-54(78)32-16-37-47-30(23-64(37)52(76)31(32)24-79-53(54)77)46-34(12-11-29-26(2)33(55)17-35(62-47)45(29)46)63-51(75)48(28-9-10-28)80-25-60-40(67)20-58-49(73)36(15-27-7-5-4-6-8-27)61-41(68)21-57-39(66)19-59-50(74)38(18-56-22-44(71)72)65-42(69)13-14-43(65)70/h4-8,13-14,16-17,28,34,36,38,48,56,78H,3,9-12,15,18-25H2,1-2H3,(H,57,66)(H,58,73)(H,59,74)(H,60,67)(H,61,68)(H,63,75)(H,71,72)/t34-,36+,38+,48?,54+/m1/s1. The van der Waals surface area contributed by atoms with E-state index in [1.54, 1.807) is 50.2 Å². The molecule has 9 N–H and O–H groups in total. The third-order valence-corrected chi connectivity index (χ3v) is 14.8. The van der Waals surface area contributed by atoms with E-state index in [-0.39, 0.29) is 43.0 Å². The third-order valence-electron chi connectivity index (χ3n) is 14.8. The number of imide groups is 1. The molecule has 0 spiro atoms. The highest BCUT2D eigenvalue weighted by molar-refractivity contribution is 6.15. The zero-order valence-corrected chi connectivity index (χ0v) is 43.4. The van der Waals surface area contributed by atoms with Crippen molar-refractivity contribution >= 4 is 70.1 Å². The lowest BCUT2D eigenvalue weighted by molar-refractivity contribution is -0.172. The van der Waals surface area contributed by atoms with Crippen LogP contribution in [-0.2, 0) is 89.0 Å². The first-order chi connectivity index (χ1) is 38.3. The number of cyclic esters (lactones) is 1. The molecule has 1 fully saturated rings. The van der Waals surface area contributed by atoms with Crippen LogP contribution < -0.4 is 42.8 Å². The second-order valence-corrected chi connectivity index (χ2v) is 20.0. The van der Waals surface area contributed by atoms with Crippen molar-refractivity contribution in [3.05, 3.63) is 110 Å². The number of carboxylic acids is 1. The molecule has 4 aromatic rings. The summed E-state index contributed by atoms with van der Waals surface area (Å²) in [6.45, 7) is -0.424. The number of aliphatic carboxylic acids is 1. The van der Waals surface area contributed by atoms with Gasteiger partial charge in [0.25, 0.3) is 17.4 Å². The summed E-state index contributed by atoms with van der Waals surface area (Å²) < 4.78 is 28.2. The molecule has 0 bridgehead atoms. The lowest BCUT2D eigenvalue weighted by Crippen LogP contribution is -2.56. The van der Waals surface area contributed by atoms with Crippen molar-refractivity contribution in [1.29, 1.82) is 0 Å². The molecule has 25 nitrogen and oxygen atoms in total. The number of esters is 1. The molecule has 26 heteroatoms. The van der Waals surface area contributed by atoms with Crippen LogP contribution in [0.3, 0.4) is 0 Å². The first kappa shape index (κ1) is 56.0. The number of hydrogen-bond acceptors (Lipinski definition) is 16. The zero-order chi connectivity index (χ0) is 57.2. The average Bonchev–Trinajstić information content (AvgIpc) is 4.33.